The molecule has 4 nitrogen and oxygen atoms in total. The molecule has 5 heteroatoms. The molecule has 0 aromatic heterocycles. The Morgan fingerprint density at radius 1 is 1.32 bits per heavy atom. The normalized spacial score (nSPS) is 13.5. The standard InChI is InChI=1S/C14H24N2O2S/c1-4-19(17,18)9-5-6-14(16-15)13-10-11(2)7-8-12(13)3/h7-8,10,14,16H,4-6,9,15H2,1-3H3. The Labute approximate surface area is 116 Å². The molecule has 0 aliphatic heterocycles. The number of benzene rings is 1. The van der Waals surface area contributed by atoms with Crippen LogP contribution in [0.3, 0.4) is 0 Å². The second kappa shape index (κ2) is 7.03. The van der Waals surface area contributed by atoms with Crippen LogP contribution in [0, 0.1) is 13.8 Å². The summed E-state index contributed by atoms with van der Waals surface area (Å²) in [7, 11) is -2.89. The first kappa shape index (κ1) is 16.1. The highest BCUT2D eigenvalue weighted by atomic mass is 32.2. The molecule has 108 valence electrons. The maximum absolute atomic E-state index is 11.5. The average Bonchev–Trinajstić information content (AvgIpc) is 2.38. The smallest absolute Gasteiger partial charge is 0.150 e. The molecule has 0 heterocycles. The average molecular weight is 284 g/mol. The Bertz CT molecular complexity index is 512. The van der Waals surface area contributed by atoms with Crippen molar-refractivity contribution in [2.24, 2.45) is 5.84 Å². The lowest BCUT2D eigenvalue weighted by molar-refractivity contribution is 0.505. The van der Waals surface area contributed by atoms with E-state index in [1.165, 1.54) is 11.1 Å². The van der Waals surface area contributed by atoms with Crippen molar-refractivity contribution in [2.45, 2.75) is 39.7 Å². The van der Waals surface area contributed by atoms with Crippen molar-refractivity contribution >= 4 is 9.84 Å². The maximum Gasteiger partial charge on any atom is 0.150 e. The SMILES string of the molecule is CCS(=O)(=O)CCCC(NN)c1cc(C)ccc1C. The van der Waals surface area contributed by atoms with Gasteiger partial charge in [0.2, 0.25) is 0 Å². The Morgan fingerprint density at radius 3 is 2.58 bits per heavy atom. The second-order valence-electron chi connectivity index (χ2n) is 4.96. The van der Waals surface area contributed by atoms with Crippen LogP contribution in [0.25, 0.3) is 0 Å². The molecule has 3 N–H and O–H groups in total. The summed E-state index contributed by atoms with van der Waals surface area (Å²) in [4.78, 5) is 0. The highest BCUT2D eigenvalue weighted by Gasteiger charge is 2.14. The molecule has 0 amide bonds. The number of sulfone groups is 1. The third kappa shape index (κ3) is 4.93. The molecule has 1 aromatic rings. The van der Waals surface area contributed by atoms with Crippen molar-refractivity contribution in [2.75, 3.05) is 11.5 Å². The summed E-state index contributed by atoms with van der Waals surface area (Å²) in [6, 6.07) is 6.24. The van der Waals surface area contributed by atoms with Crippen LogP contribution in [-0.4, -0.2) is 19.9 Å². The van der Waals surface area contributed by atoms with Gasteiger partial charge < -0.3 is 0 Å². The van der Waals surface area contributed by atoms with E-state index >= 15 is 0 Å². The monoisotopic (exact) mass is 284 g/mol. The van der Waals surface area contributed by atoms with Gasteiger partial charge in [-0.05, 0) is 37.8 Å². The first-order chi connectivity index (χ1) is 8.89. The van der Waals surface area contributed by atoms with Gasteiger partial charge in [0.15, 0.2) is 0 Å². The van der Waals surface area contributed by atoms with Crippen molar-refractivity contribution in [1.82, 2.24) is 5.43 Å². The van der Waals surface area contributed by atoms with Gasteiger partial charge in [0.1, 0.15) is 9.84 Å². The van der Waals surface area contributed by atoms with Crippen LogP contribution in [0.1, 0.15) is 42.5 Å². The van der Waals surface area contributed by atoms with E-state index in [9.17, 15) is 8.42 Å². The molecular weight excluding hydrogens is 260 g/mol. The van der Waals surface area contributed by atoms with E-state index in [-0.39, 0.29) is 17.5 Å². The van der Waals surface area contributed by atoms with E-state index in [4.69, 9.17) is 5.84 Å². The number of hydrogen-bond donors (Lipinski definition) is 2. The minimum Gasteiger partial charge on any atom is -0.271 e. The van der Waals surface area contributed by atoms with Crippen molar-refractivity contribution in [3.05, 3.63) is 34.9 Å². The van der Waals surface area contributed by atoms with Gasteiger partial charge in [-0.1, -0.05) is 30.7 Å². The highest BCUT2D eigenvalue weighted by molar-refractivity contribution is 7.91. The van der Waals surface area contributed by atoms with E-state index in [1.54, 1.807) is 6.92 Å². The van der Waals surface area contributed by atoms with Crippen molar-refractivity contribution in [3.8, 4) is 0 Å². The van der Waals surface area contributed by atoms with Crippen LogP contribution in [0.5, 0.6) is 0 Å². The number of hydrazine groups is 1. The number of nitrogens with two attached hydrogens (primary N) is 1. The van der Waals surface area contributed by atoms with Crippen LogP contribution < -0.4 is 11.3 Å². The van der Waals surface area contributed by atoms with Gasteiger partial charge in [0, 0.05) is 11.8 Å². The van der Waals surface area contributed by atoms with Gasteiger partial charge >= 0.3 is 0 Å². The molecule has 0 radical (unpaired) electrons. The van der Waals surface area contributed by atoms with E-state index in [1.807, 2.05) is 13.8 Å². The number of nitrogens with one attached hydrogen (secondary N) is 1. The van der Waals surface area contributed by atoms with Gasteiger partial charge in [-0.3, -0.25) is 11.3 Å². The summed E-state index contributed by atoms with van der Waals surface area (Å²) in [5.41, 5.74) is 6.30. The summed E-state index contributed by atoms with van der Waals surface area (Å²) in [5, 5.41) is 0. The summed E-state index contributed by atoms with van der Waals surface area (Å²) >= 11 is 0. The zero-order chi connectivity index (χ0) is 14.5. The Kier molecular flexibility index (Phi) is 5.97. The minimum atomic E-state index is -2.89. The van der Waals surface area contributed by atoms with E-state index in [2.05, 4.69) is 23.6 Å². The van der Waals surface area contributed by atoms with Crippen LogP contribution in [0.4, 0.5) is 0 Å². The molecule has 0 aliphatic rings. The molecule has 1 atom stereocenters. The van der Waals surface area contributed by atoms with E-state index < -0.39 is 9.84 Å². The van der Waals surface area contributed by atoms with Crippen LogP contribution >= 0.6 is 0 Å². The lowest BCUT2D eigenvalue weighted by Gasteiger charge is -2.19. The lowest BCUT2D eigenvalue weighted by atomic mass is 9.96. The molecule has 0 spiro atoms. The van der Waals surface area contributed by atoms with Crippen LogP contribution in [0.2, 0.25) is 0 Å². The molecule has 0 saturated carbocycles. The van der Waals surface area contributed by atoms with Gasteiger partial charge in [0.25, 0.3) is 0 Å². The minimum absolute atomic E-state index is 0.00644. The van der Waals surface area contributed by atoms with Gasteiger partial charge in [-0.15, -0.1) is 0 Å². The maximum atomic E-state index is 11.5. The Hall–Kier alpha value is -0.910. The molecule has 19 heavy (non-hydrogen) atoms. The largest absolute Gasteiger partial charge is 0.271 e. The summed E-state index contributed by atoms with van der Waals surface area (Å²) in [6.45, 7) is 5.76. The summed E-state index contributed by atoms with van der Waals surface area (Å²) in [6.07, 6.45) is 1.35. The lowest BCUT2D eigenvalue weighted by Crippen LogP contribution is -2.29. The van der Waals surface area contributed by atoms with Gasteiger partial charge in [0.05, 0.1) is 5.75 Å². The second-order valence-corrected chi connectivity index (χ2v) is 7.43. The van der Waals surface area contributed by atoms with Crippen LogP contribution in [0.15, 0.2) is 18.2 Å². The van der Waals surface area contributed by atoms with Gasteiger partial charge in [-0.25, -0.2) is 8.42 Å². The van der Waals surface area contributed by atoms with Gasteiger partial charge in [-0.2, -0.15) is 0 Å². The molecule has 1 aromatic carbocycles. The van der Waals surface area contributed by atoms with Crippen molar-refractivity contribution in [3.63, 3.8) is 0 Å². The summed E-state index contributed by atoms with van der Waals surface area (Å²) < 4.78 is 23.0. The highest BCUT2D eigenvalue weighted by Crippen LogP contribution is 2.22. The molecule has 0 saturated heterocycles. The third-order valence-corrected chi connectivity index (χ3v) is 5.19. The Balaban J connectivity index is 2.71. The fraction of sp³-hybridized carbons (Fsp3) is 0.571. The quantitative estimate of drug-likeness (QED) is 0.593. The van der Waals surface area contributed by atoms with E-state index in [0.29, 0.717) is 6.42 Å². The van der Waals surface area contributed by atoms with Crippen molar-refractivity contribution < 1.29 is 8.42 Å². The Morgan fingerprint density at radius 2 is 2.00 bits per heavy atom. The number of hydrogen-bond acceptors (Lipinski definition) is 4. The predicted octanol–water partition coefficient (Wildman–Crippen LogP) is 2.02. The number of rotatable bonds is 7. The fourth-order valence-corrected chi connectivity index (χ4v) is 3.01. The molecule has 0 bridgehead atoms. The molecule has 0 fully saturated rings. The molecular formula is C14H24N2O2S. The summed E-state index contributed by atoms with van der Waals surface area (Å²) in [5.74, 6) is 6.04. The topological polar surface area (TPSA) is 72.2 Å². The third-order valence-electron chi connectivity index (χ3n) is 3.40. The molecule has 0 aliphatic carbocycles. The first-order valence-corrected chi connectivity index (χ1v) is 8.45. The number of aryl methyl sites for hydroxylation is 2. The zero-order valence-corrected chi connectivity index (χ0v) is 12.8. The zero-order valence-electron chi connectivity index (χ0n) is 11.9. The van der Waals surface area contributed by atoms with Crippen molar-refractivity contribution in [1.29, 1.82) is 0 Å². The predicted molar refractivity (Wildman–Crippen MR) is 79.5 cm³/mol. The van der Waals surface area contributed by atoms with Crippen LogP contribution in [-0.2, 0) is 9.84 Å². The fourth-order valence-electron chi connectivity index (χ4n) is 2.12. The van der Waals surface area contributed by atoms with E-state index in [0.717, 1.165) is 12.0 Å². The first-order valence-electron chi connectivity index (χ1n) is 6.63. The molecule has 1 unspecified atom stereocenters. The molecule has 1 rings (SSSR count).